The van der Waals surface area contributed by atoms with Gasteiger partial charge in [0.2, 0.25) is 0 Å². The number of carbonyl (C=O) groups excluding carboxylic acids is 6. The van der Waals surface area contributed by atoms with Gasteiger partial charge >= 0.3 is 35.1 Å². The van der Waals surface area contributed by atoms with Crippen molar-refractivity contribution >= 4 is 125 Å². The molecule has 0 aliphatic carbocycles. The lowest BCUT2D eigenvalue weighted by Gasteiger charge is -2.26. The summed E-state index contributed by atoms with van der Waals surface area (Å²) in [7, 11) is 0. The molecule has 0 spiro atoms. The van der Waals surface area contributed by atoms with E-state index in [0.29, 0.717) is 49.4 Å². The topological polar surface area (TPSA) is 652 Å². The first kappa shape index (κ1) is 126. The van der Waals surface area contributed by atoms with Gasteiger partial charge in [0.05, 0.1) is 68.8 Å². The summed E-state index contributed by atoms with van der Waals surface area (Å²) in [5.74, 6) is -3.81. The lowest BCUT2D eigenvalue weighted by molar-refractivity contribution is -0.188. The lowest BCUT2D eigenvalue weighted by atomic mass is 10.1. The van der Waals surface area contributed by atoms with Crippen LogP contribution in [0.2, 0.25) is 0 Å². The van der Waals surface area contributed by atoms with Crippen molar-refractivity contribution in [2.24, 2.45) is 0 Å². The van der Waals surface area contributed by atoms with Crippen LogP contribution in [0.3, 0.4) is 0 Å². The average Bonchev–Trinajstić information content (AvgIpc) is 1.69. The SMILES string of the molecule is C=P(C)(C)CC[C@H]1OC(n2cc(CN(CC(=O)OC(C)(C)C)C(=O)C(F)(F)F)c(=O)[nH]c2=O)[C@H](O)[C@@H]1O.C=P(C)(C)CC[C@H]1OC(n2cc(CNCC(C)=O)c(=O)[nH]c2=O)[C@H](O)[C@@H]1O.C=P(C)(C)CC[C@H]1OC(n2cc(CNCC(C)=O)c(=O)[nH]c2=O)[C@H](O)[C@@H]1O.C=P(C)(C)CC[C@H]1OC(n2cc(CNCC(C)=O)c(=O)[nH]c2=S)[C@H](O)[C@@H]1O.C=P(C)(C)CC[C@H]1OC(n2cc(CNCC(C)=O)c(=O)[nH]c2=S)[C@H](O)[C@@H]1O. The van der Waals surface area contributed by atoms with E-state index < -0.39 is 233 Å². The summed E-state index contributed by atoms with van der Waals surface area (Å²) in [4.78, 5) is 177. The zero-order chi connectivity index (χ0) is 110. The van der Waals surface area contributed by atoms with Crippen molar-refractivity contribution in [3.05, 3.63) is 152 Å². The van der Waals surface area contributed by atoms with Gasteiger partial charge < -0.3 is 106 Å². The highest BCUT2D eigenvalue weighted by atomic mass is 32.1. The standard InChI is InChI=1S/C22H33F3N3O8P.2C17H28N3O6P.2C17H28N3O5PS/c1-21(2,3)36-14(29)11-27(19(33)22(23,24)25)9-12-10-28(20(34)26-17(12)32)18-16(31)15(30)13(35-18)7-8-37(4,5)6;2*1-10(21)7-18-8-11-9-20(17(25)19-15(11)24)16-14(23)13(22)12(26-16)5-6-27(2,3)4;2*1-10(21)7-18-8-11-9-20(17(27)19-15(11)24)16-14(23)13(22)12(25-16)5-6-26(2,3)4/h10,13,15-16,18,30-31H,4,7-9,11H2,1-3,5-6H3,(H,26,32,34);2*9,12-14,16,18,22-23H,2,5-8H2,1,3-4H3,(H,19,24,25);2*9,12-14,16,18,22-23H,2,5-8H2,1,3-4H3,(H,19,24,27)/t13-,15-,16-,18?;4*12-,13-,14-,16?/m11111/s1. The van der Waals surface area contributed by atoms with Crippen LogP contribution in [0, 0.1) is 9.54 Å². The molecule has 19 N–H and O–H groups in total. The van der Waals surface area contributed by atoms with E-state index in [1.54, 1.807) is 0 Å². The minimum absolute atomic E-state index is 0.0455. The number of hydrogen-bond donors (Lipinski definition) is 19. The van der Waals surface area contributed by atoms with Crippen LogP contribution in [0.1, 0.15) is 140 Å². The van der Waals surface area contributed by atoms with E-state index in [-0.39, 0.29) is 112 Å². The van der Waals surface area contributed by atoms with Crippen molar-refractivity contribution in [1.82, 2.24) is 73.9 Å². The molecule has 45 nitrogen and oxygen atoms in total. The molecule has 818 valence electrons. The zero-order valence-electron chi connectivity index (χ0n) is 84.6. The first-order valence-electron chi connectivity index (χ1n) is 46.2. The fourth-order valence-corrected chi connectivity index (χ4v) is 20.4. The molecule has 5 saturated heterocycles. The zero-order valence-corrected chi connectivity index (χ0v) is 90.7. The number of carbonyl (C=O) groups is 6. The van der Waals surface area contributed by atoms with E-state index in [2.05, 4.69) is 126 Å². The van der Waals surface area contributed by atoms with Gasteiger partial charge in [0, 0.05) is 79.4 Å². The molecule has 0 radical (unpaired) electrons. The van der Waals surface area contributed by atoms with E-state index in [1.165, 1.54) is 82.4 Å². The number of aliphatic hydroxyl groups is 10. The van der Waals surface area contributed by atoms with E-state index in [0.717, 1.165) is 44.5 Å². The maximum absolute atomic E-state index is 13.2. The lowest BCUT2D eigenvalue weighted by Crippen LogP contribution is -2.46. The molecule has 145 heavy (non-hydrogen) atoms. The van der Waals surface area contributed by atoms with Gasteiger partial charge in [0.1, 0.15) is 96.3 Å². The molecule has 10 heterocycles. The Bertz CT molecular complexity index is 5700. The molecule has 5 unspecified atom stereocenters. The van der Waals surface area contributed by atoms with E-state index in [1.807, 2.05) is 18.3 Å². The van der Waals surface area contributed by atoms with Crippen LogP contribution in [0.25, 0.3) is 0 Å². The third kappa shape index (κ3) is 39.6. The number of aromatic nitrogens is 10. The van der Waals surface area contributed by atoms with Gasteiger partial charge in [-0.25, -0.2) is 14.4 Å². The van der Waals surface area contributed by atoms with Gasteiger partial charge in [-0.05, 0) is 202 Å². The summed E-state index contributed by atoms with van der Waals surface area (Å²) in [5.41, 5.74) is -5.98. The van der Waals surface area contributed by atoms with Crippen LogP contribution in [0.4, 0.5) is 13.2 Å². The largest absolute Gasteiger partial charge is 0.471 e. The number of nitrogens with one attached hydrogen (secondary N) is 9. The number of alkyl halides is 3. The summed E-state index contributed by atoms with van der Waals surface area (Å²) in [6.07, 6.45) is 7.03. The van der Waals surface area contributed by atoms with E-state index in [4.69, 9.17) is 52.9 Å². The Hall–Kier alpha value is -7.61. The number of ether oxygens (including phenoxy) is 6. The van der Waals surface area contributed by atoms with Crippen LogP contribution < -0.4 is 66.1 Å². The third-order valence-corrected chi connectivity index (χ3v) is 30.7. The Morgan fingerprint density at radius 1 is 0.372 bits per heavy atom. The van der Waals surface area contributed by atoms with Crippen molar-refractivity contribution in [2.45, 2.75) is 248 Å². The van der Waals surface area contributed by atoms with Gasteiger partial charge in [0.25, 0.3) is 27.8 Å². The monoisotopic (exact) mass is 2190 g/mol. The molecule has 0 aromatic carbocycles. The summed E-state index contributed by atoms with van der Waals surface area (Å²) >= 11 is 10.4. The van der Waals surface area contributed by atoms with Gasteiger partial charge in [-0.3, -0.25) is 100 Å². The molecule has 0 bridgehead atoms. The molecule has 5 aliphatic rings. The molecule has 5 aliphatic heterocycles. The molecule has 5 aromatic rings. The van der Waals surface area contributed by atoms with Crippen molar-refractivity contribution in [1.29, 1.82) is 0 Å². The number of H-pyrrole nitrogens is 5. The van der Waals surface area contributed by atoms with Crippen LogP contribution in [-0.4, -0.2) is 404 Å². The molecule has 10 rings (SSSR count). The first-order chi connectivity index (χ1) is 66.7. The van der Waals surface area contributed by atoms with Gasteiger partial charge in [0.15, 0.2) is 40.7 Å². The number of rotatable bonds is 40. The Morgan fingerprint density at radius 2 is 0.579 bits per heavy atom. The number of aliphatic hydroxyl groups excluding tert-OH is 10. The number of halogens is 3. The van der Waals surface area contributed by atoms with E-state index >= 15 is 0 Å². The number of esters is 1. The van der Waals surface area contributed by atoms with Gasteiger partial charge in [-0.2, -0.15) is 13.2 Å². The number of aromatic amines is 5. The minimum Gasteiger partial charge on any atom is -0.459 e. The van der Waals surface area contributed by atoms with Crippen molar-refractivity contribution in [2.75, 3.05) is 130 Å². The van der Waals surface area contributed by atoms with Crippen molar-refractivity contribution in [3.63, 3.8) is 0 Å². The average molecular weight is 2190 g/mol. The summed E-state index contributed by atoms with van der Waals surface area (Å²) in [6.45, 7) is 22.8. The van der Waals surface area contributed by atoms with Crippen LogP contribution in [0.15, 0.2) is 69.3 Å². The van der Waals surface area contributed by atoms with Crippen LogP contribution in [0.5, 0.6) is 0 Å². The Labute approximate surface area is 845 Å². The molecular weight excluding hydrogens is 2050 g/mol. The summed E-state index contributed by atoms with van der Waals surface area (Å²) < 4.78 is 79.4. The summed E-state index contributed by atoms with van der Waals surface area (Å²) in [6, 6.07) is 0. The number of amides is 1. The maximum atomic E-state index is 13.2. The first-order valence-corrected chi connectivity index (χ1v) is 62.3. The number of nitrogens with zero attached hydrogens (tertiary/aromatic N) is 6. The second-order valence-corrected chi connectivity index (χ2v) is 63.4. The predicted molar refractivity (Wildman–Crippen MR) is 559 cm³/mol. The normalized spacial score (nSPS) is 24.9. The Morgan fingerprint density at radius 3 is 0.793 bits per heavy atom. The number of hydrogen-bond acceptors (Lipinski definition) is 36. The summed E-state index contributed by atoms with van der Waals surface area (Å²) in [5, 5.41) is 115. The van der Waals surface area contributed by atoms with Crippen molar-refractivity contribution in [3.8, 4) is 0 Å². The second-order valence-electron chi connectivity index (χ2n) is 41.0. The molecule has 20 atom stereocenters. The Balaban J connectivity index is 0.000000279. The molecule has 55 heteroatoms. The van der Waals surface area contributed by atoms with Crippen LogP contribution in [-0.2, 0) is 89.9 Å². The molecule has 0 saturated carbocycles. The quantitative estimate of drug-likeness (QED) is 0.0127. The Kier molecular flexibility index (Phi) is 46.8. The molecule has 1 amide bonds. The highest BCUT2D eigenvalue weighted by Gasteiger charge is 2.50. The highest BCUT2D eigenvalue weighted by Crippen LogP contribution is 2.45. The van der Waals surface area contributed by atoms with Crippen LogP contribution >= 0.6 is 58.9 Å². The number of Topliss-reactive ketones (excluding diaryl/α,β-unsaturated/α-hetero) is 4. The molecular formula is C90H145F3N15O30P5S2. The minimum atomic E-state index is -5.37. The second kappa shape index (κ2) is 53.9. The van der Waals surface area contributed by atoms with Gasteiger partial charge in [-0.15, -0.1) is 65.9 Å². The maximum Gasteiger partial charge on any atom is 0.471 e. The fraction of sp³-hybridized carbons (Fsp3) is 0.656. The highest BCUT2D eigenvalue weighted by molar-refractivity contribution is 7.73. The third-order valence-electron chi connectivity index (χ3n) is 22.7. The van der Waals surface area contributed by atoms with Crippen molar-refractivity contribution < 1.29 is 121 Å². The van der Waals surface area contributed by atoms with E-state index in [9.17, 15) is 131 Å². The predicted octanol–water partition coefficient (Wildman–Crippen LogP) is -1.04. The van der Waals surface area contributed by atoms with Gasteiger partial charge in [-0.1, -0.05) is 0 Å². The fourth-order valence-electron chi connectivity index (χ4n) is 15.2. The number of ketones is 4. The molecule has 5 fully saturated rings. The smallest absolute Gasteiger partial charge is 0.459 e. The molecule has 5 aromatic heterocycles.